The molecular weight excluding hydrogens is 504 g/mol. The number of benzene rings is 1. The Hall–Kier alpha value is -3.63. The smallest absolute Gasteiger partial charge is 0.410 e. The largest absolute Gasteiger partial charge is 0.469 e. The number of likely N-dealkylation sites (tertiary alicyclic amines) is 2. The standard InChI is InChI=1S/C28H40N4O7/c1-20(33)29-24(17-26(35)38-2)30-27(36)23-9-6-14-32(18-23)25(34)11-10-21-12-15-31(16-13-21)28(37)39-19-22-7-4-3-5-8-22/h3-5,7-8,21,23-24H,6,9-19H2,1-2H3,(H,29,33)(H,30,36)/t23-,24-/m1/s1. The molecule has 2 N–H and O–H groups in total. The molecule has 11 heteroatoms. The lowest BCUT2D eigenvalue weighted by molar-refractivity contribution is -0.141. The molecule has 2 aliphatic rings. The Balaban J connectivity index is 1.38. The molecular formula is C28H40N4O7. The average molecular weight is 545 g/mol. The van der Waals surface area contributed by atoms with Gasteiger partial charge in [-0.1, -0.05) is 30.3 Å². The fraction of sp³-hybridized carbons (Fsp3) is 0.607. The number of amides is 4. The molecule has 1 aromatic carbocycles. The first-order valence-electron chi connectivity index (χ1n) is 13.6. The first-order valence-corrected chi connectivity index (χ1v) is 13.6. The van der Waals surface area contributed by atoms with E-state index in [-0.39, 0.29) is 36.8 Å². The minimum absolute atomic E-state index is 0.0187. The summed E-state index contributed by atoms with van der Waals surface area (Å²) in [5, 5.41) is 5.25. The minimum Gasteiger partial charge on any atom is -0.469 e. The summed E-state index contributed by atoms with van der Waals surface area (Å²) in [5.74, 6) is -1.27. The van der Waals surface area contributed by atoms with Gasteiger partial charge in [0.15, 0.2) is 0 Å². The highest BCUT2D eigenvalue weighted by Crippen LogP contribution is 2.24. The number of methoxy groups -OCH3 is 1. The number of hydrogen-bond acceptors (Lipinski definition) is 7. The van der Waals surface area contributed by atoms with Crippen molar-refractivity contribution in [2.24, 2.45) is 11.8 Å². The lowest BCUT2D eigenvalue weighted by Crippen LogP contribution is -2.53. The number of nitrogens with zero attached hydrogens (tertiary/aromatic N) is 2. The molecule has 2 fully saturated rings. The summed E-state index contributed by atoms with van der Waals surface area (Å²) in [6, 6.07) is 9.57. The van der Waals surface area contributed by atoms with Gasteiger partial charge in [-0.2, -0.15) is 0 Å². The third kappa shape index (κ3) is 9.88. The Labute approximate surface area is 229 Å². The zero-order valence-corrected chi connectivity index (χ0v) is 22.9. The van der Waals surface area contributed by atoms with Crippen LogP contribution >= 0.6 is 0 Å². The fourth-order valence-corrected chi connectivity index (χ4v) is 5.04. The fourth-order valence-electron chi connectivity index (χ4n) is 5.04. The van der Waals surface area contributed by atoms with E-state index in [1.165, 1.54) is 14.0 Å². The molecule has 0 unspecified atom stereocenters. The van der Waals surface area contributed by atoms with E-state index in [1.807, 2.05) is 30.3 Å². The van der Waals surface area contributed by atoms with Crippen LogP contribution in [0.1, 0.15) is 57.4 Å². The molecule has 1 aromatic rings. The molecule has 0 saturated carbocycles. The summed E-state index contributed by atoms with van der Waals surface area (Å²) < 4.78 is 10.1. The maximum absolute atomic E-state index is 12.9. The van der Waals surface area contributed by atoms with Crippen molar-refractivity contribution in [2.45, 2.75) is 64.6 Å². The second-order valence-corrected chi connectivity index (χ2v) is 10.2. The molecule has 11 nitrogen and oxygen atoms in total. The Morgan fingerprint density at radius 2 is 1.69 bits per heavy atom. The van der Waals surface area contributed by atoms with Crippen LogP contribution in [0.3, 0.4) is 0 Å². The molecule has 2 atom stereocenters. The van der Waals surface area contributed by atoms with Gasteiger partial charge < -0.3 is 29.9 Å². The lowest BCUT2D eigenvalue weighted by Gasteiger charge is -2.34. The molecule has 3 rings (SSSR count). The molecule has 2 aliphatic heterocycles. The van der Waals surface area contributed by atoms with E-state index in [2.05, 4.69) is 15.4 Å². The second-order valence-electron chi connectivity index (χ2n) is 10.2. The summed E-state index contributed by atoms with van der Waals surface area (Å²) in [5.41, 5.74) is 0.949. The Morgan fingerprint density at radius 1 is 0.974 bits per heavy atom. The van der Waals surface area contributed by atoms with Crippen LogP contribution in [0.4, 0.5) is 4.79 Å². The number of carbonyl (C=O) groups excluding carboxylic acids is 5. The van der Waals surface area contributed by atoms with Crippen LogP contribution in [0, 0.1) is 11.8 Å². The van der Waals surface area contributed by atoms with Crippen LogP contribution < -0.4 is 10.6 Å². The van der Waals surface area contributed by atoms with E-state index in [0.29, 0.717) is 51.4 Å². The molecule has 0 spiro atoms. The number of hydrogen-bond donors (Lipinski definition) is 2. The van der Waals surface area contributed by atoms with Crippen molar-refractivity contribution in [3.8, 4) is 0 Å². The zero-order chi connectivity index (χ0) is 28.2. The summed E-state index contributed by atoms with van der Waals surface area (Å²) in [6.45, 7) is 3.69. The number of ether oxygens (including phenoxy) is 2. The first kappa shape index (κ1) is 29.9. The molecule has 0 aliphatic carbocycles. The highest BCUT2D eigenvalue weighted by Gasteiger charge is 2.31. The summed E-state index contributed by atoms with van der Waals surface area (Å²) in [6.07, 6.45) is 2.76. The maximum Gasteiger partial charge on any atom is 0.410 e. The topological polar surface area (TPSA) is 134 Å². The van der Waals surface area contributed by atoms with Crippen LogP contribution in [-0.2, 0) is 35.3 Å². The first-order chi connectivity index (χ1) is 18.7. The van der Waals surface area contributed by atoms with Crippen molar-refractivity contribution >= 4 is 29.8 Å². The number of carbonyl (C=O) groups is 5. The van der Waals surface area contributed by atoms with Crippen molar-refractivity contribution in [3.63, 3.8) is 0 Å². The molecule has 2 saturated heterocycles. The quantitative estimate of drug-likeness (QED) is 0.341. The van der Waals surface area contributed by atoms with Crippen LogP contribution in [0.25, 0.3) is 0 Å². The van der Waals surface area contributed by atoms with Gasteiger partial charge in [-0.3, -0.25) is 19.2 Å². The van der Waals surface area contributed by atoms with Gasteiger partial charge >= 0.3 is 12.1 Å². The zero-order valence-electron chi connectivity index (χ0n) is 22.9. The van der Waals surface area contributed by atoms with Gasteiger partial charge in [-0.25, -0.2) is 4.79 Å². The molecule has 4 amide bonds. The molecule has 0 bridgehead atoms. The van der Waals surface area contributed by atoms with Crippen LogP contribution in [0.5, 0.6) is 0 Å². The third-order valence-electron chi connectivity index (χ3n) is 7.28. The molecule has 214 valence electrons. The average Bonchev–Trinajstić information content (AvgIpc) is 2.95. The van der Waals surface area contributed by atoms with Crippen LogP contribution in [0.2, 0.25) is 0 Å². The number of esters is 1. The van der Waals surface area contributed by atoms with Crippen molar-refractivity contribution in [3.05, 3.63) is 35.9 Å². The van der Waals surface area contributed by atoms with E-state index in [1.54, 1.807) is 9.80 Å². The molecule has 0 aromatic heterocycles. The van der Waals surface area contributed by atoms with Gasteiger partial charge in [-0.15, -0.1) is 0 Å². The van der Waals surface area contributed by atoms with Crippen molar-refractivity contribution < 1.29 is 33.4 Å². The third-order valence-corrected chi connectivity index (χ3v) is 7.28. The number of nitrogens with one attached hydrogen (secondary N) is 2. The molecule has 0 radical (unpaired) electrons. The summed E-state index contributed by atoms with van der Waals surface area (Å²) in [7, 11) is 1.24. The van der Waals surface area contributed by atoms with Crippen LogP contribution in [-0.4, -0.2) is 79.0 Å². The van der Waals surface area contributed by atoms with Gasteiger partial charge in [0.2, 0.25) is 17.7 Å². The second kappa shape index (κ2) is 15.1. The van der Waals surface area contributed by atoms with Crippen molar-refractivity contribution in [2.75, 3.05) is 33.3 Å². The Bertz CT molecular complexity index is 995. The van der Waals surface area contributed by atoms with E-state index in [0.717, 1.165) is 24.8 Å². The van der Waals surface area contributed by atoms with Crippen molar-refractivity contribution in [1.82, 2.24) is 20.4 Å². The number of piperidine rings is 2. The monoisotopic (exact) mass is 544 g/mol. The van der Waals surface area contributed by atoms with Crippen molar-refractivity contribution in [1.29, 1.82) is 0 Å². The van der Waals surface area contributed by atoms with Gasteiger partial charge in [0.05, 0.1) is 19.4 Å². The highest BCUT2D eigenvalue weighted by atomic mass is 16.6. The highest BCUT2D eigenvalue weighted by molar-refractivity contribution is 5.83. The summed E-state index contributed by atoms with van der Waals surface area (Å²) in [4.78, 5) is 64.7. The molecule has 2 heterocycles. The predicted octanol–water partition coefficient (Wildman–Crippen LogP) is 2.20. The van der Waals surface area contributed by atoms with E-state index in [4.69, 9.17) is 4.74 Å². The van der Waals surface area contributed by atoms with E-state index in [9.17, 15) is 24.0 Å². The minimum atomic E-state index is -0.866. The predicted molar refractivity (Wildman–Crippen MR) is 142 cm³/mol. The Kier molecular flexibility index (Phi) is 11.6. The van der Waals surface area contributed by atoms with Gasteiger partial charge in [-0.05, 0) is 43.6 Å². The lowest BCUT2D eigenvalue weighted by atomic mass is 9.91. The number of rotatable bonds is 10. The van der Waals surface area contributed by atoms with Gasteiger partial charge in [0.1, 0.15) is 12.8 Å². The maximum atomic E-state index is 12.9. The molecule has 39 heavy (non-hydrogen) atoms. The van der Waals surface area contributed by atoms with Gasteiger partial charge in [0.25, 0.3) is 0 Å². The normalized spacial score (nSPS) is 18.6. The van der Waals surface area contributed by atoms with E-state index < -0.39 is 18.1 Å². The van der Waals surface area contributed by atoms with E-state index >= 15 is 0 Å². The summed E-state index contributed by atoms with van der Waals surface area (Å²) >= 11 is 0. The van der Waals surface area contributed by atoms with Gasteiger partial charge in [0, 0.05) is 39.5 Å². The SMILES string of the molecule is COC(=O)C[C@H](NC(C)=O)NC(=O)[C@@H]1CCCN(C(=O)CCC2CCN(C(=O)OCc3ccccc3)CC2)C1. The Morgan fingerprint density at radius 3 is 2.36 bits per heavy atom. The van der Waals surface area contributed by atoms with Crippen LogP contribution in [0.15, 0.2) is 30.3 Å².